The summed E-state index contributed by atoms with van der Waals surface area (Å²) in [5.41, 5.74) is 22.9. The van der Waals surface area contributed by atoms with E-state index in [1.165, 1.54) is 108 Å². The molecule has 1 aliphatic rings. The molecule has 0 fully saturated rings. The average molecular weight is 1020 g/mol. The number of aromatic nitrogens is 1. The molecule has 2 nitrogen and oxygen atoms in total. The fourth-order valence-corrected chi connectivity index (χ4v) is 13.6. The van der Waals surface area contributed by atoms with Gasteiger partial charge in [0.1, 0.15) is 0 Å². The number of hydrogen-bond donors (Lipinski definition) is 0. The summed E-state index contributed by atoms with van der Waals surface area (Å²) < 4.78 is 2.49. The van der Waals surface area contributed by atoms with Crippen LogP contribution in [0.2, 0.25) is 0 Å². The molecule has 1 aliphatic carbocycles. The van der Waals surface area contributed by atoms with Crippen molar-refractivity contribution < 1.29 is 0 Å². The highest BCUT2D eigenvalue weighted by Crippen LogP contribution is 2.54. The Balaban J connectivity index is 0.828. The Labute approximate surface area is 458 Å². The first-order valence-electron chi connectivity index (χ1n) is 26.4. The molecule has 3 heterocycles. The summed E-state index contributed by atoms with van der Waals surface area (Å²) in [6, 6.07) is 102. The molecule has 77 heavy (non-hydrogen) atoms. The molecule has 0 unspecified atom stereocenters. The van der Waals surface area contributed by atoms with E-state index in [9.17, 15) is 0 Å². The number of fused-ring (bicyclic) bond motifs is 4. The third kappa shape index (κ3) is 8.34. The maximum absolute atomic E-state index is 2.49. The lowest BCUT2D eigenvalue weighted by Crippen LogP contribution is -2.15. The minimum absolute atomic E-state index is 0.242. The molecular weight excluding hydrogens is 969 g/mol. The molecular formula is C73H52N2S2. The monoisotopic (exact) mass is 1020 g/mol. The van der Waals surface area contributed by atoms with Gasteiger partial charge >= 0.3 is 0 Å². The van der Waals surface area contributed by atoms with Crippen LogP contribution in [-0.2, 0) is 5.41 Å². The minimum atomic E-state index is -0.242. The SMILES string of the molecule is CC1(C)c2cc(-c3ccc(N(c4ccc(-c5ccc(-c6ccccc6)s5)cc4)c4ccc(-c5ccc(-c6ccccc6)s5)cc4)cc3)ccc2-c2cc3c(-c4ccccc4)c(-c4ccccc4)n(-c4ccccc4)c3cc21. The Kier molecular flexibility index (Phi) is 11.6. The van der Waals surface area contributed by atoms with Crippen molar-refractivity contribution in [3.63, 3.8) is 0 Å². The Morgan fingerprint density at radius 1 is 0.325 bits per heavy atom. The standard InChI is InChI=1S/C73H52N2S2/c1-73(2)64-46-56(34-41-61(64)62-47-63-66(48-65(62)73)75(57-26-16-7-17-27-57)72(55-24-14-6-15-25-55)71(63)54-22-12-5-13-23-54)49-28-35-58(36-29-49)74(59-37-30-52(31-38-59)69-44-42-67(76-69)50-18-8-3-9-19-50)60-39-32-53(33-40-60)70-45-43-68(77-70)51-20-10-4-11-21-51/h3-48H,1-2H3. The first-order chi connectivity index (χ1) is 37.9. The molecule has 0 atom stereocenters. The van der Waals surface area contributed by atoms with Gasteiger partial charge in [-0.1, -0.05) is 202 Å². The molecule has 0 saturated heterocycles. The highest BCUT2D eigenvalue weighted by Gasteiger charge is 2.37. The van der Waals surface area contributed by atoms with E-state index < -0.39 is 0 Å². The van der Waals surface area contributed by atoms with Crippen LogP contribution in [0.3, 0.4) is 0 Å². The predicted octanol–water partition coefficient (Wildman–Crippen LogP) is 21.2. The number of anilines is 3. The Morgan fingerprint density at radius 2 is 0.714 bits per heavy atom. The van der Waals surface area contributed by atoms with Crippen LogP contribution in [-0.4, -0.2) is 4.57 Å². The van der Waals surface area contributed by atoms with Gasteiger partial charge in [-0.15, -0.1) is 22.7 Å². The van der Waals surface area contributed by atoms with Crippen LogP contribution in [0.25, 0.3) is 103 Å². The highest BCUT2D eigenvalue weighted by atomic mass is 32.1. The van der Waals surface area contributed by atoms with E-state index in [4.69, 9.17) is 0 Å². The van der Waals surface area contributed by atoms with Crippen molar-refractivity contribution in [3.8, 4) is 92.1 Å². The molecule has 0 aliphatic heterocycles. The van der Waals surface area contributed by atoms with Gasteiger partial charge in [0.15, 0.2) is 0 Å². The van der Waals surface area contributed by atoms with Crippen molar-refractivity contribution in [2.45, 2.75) is 19.3 Å². The largest absolute Gasteiger partial charge is 0.311 e. The average Bonchev–Trinajstić information content (AvgIpc) is 4.37. The van der Waals surface area contributed by atoms with Crippen LogP contribution >= 0.6 is 22.7 Å². The van der Waals surface area contributed by atoms with Crippen molar-refractivity contribution in [1.82, 2.24) is 4.57 Å². The first-order valence-corrected chi connectivity index (χ1v) is 28.0. The zero-order chi connectivity index (χ0) is 51.5. The van der Waals surface area contributed by atoms with Gasteiger partial charge in [0.25, 0.3) is 0 Å². The van der Waals surface area contributed by atoms with Crippen molar-refractivity contribution >= 4 is 50.6 Å². The van der Waals surface area contributed by atoms with E-state index in [-0.39, 0.29) is 5.41 Å². The molecule has 4 heteroatoms. The second kappa shape index (κ2) is 19.3. The predicted molar refractivity (Wildman–Crippen MR) is 329 cm³/mol. The lowest BCUT2D eigenvalue weighted by Gasteiger charge is -2.26. The van der Waals surface area contributed by atoms with Crippen molar-refractivity contribution in [2.24, 2.45) is 0 Å². The third-order valence-electron chi connectivity index (χ3n) is 15.5. The van der Waals surface area contributed by atoms with Gasteiger partial charge in [0.05, 0.1) is 11.2 Å². The minimum Gasteiger partial charge on any atom is -0.311 e. The molecule has 3 aromatic heterocycles. The summed E-state index contributed by atoms with van der Waals surface area (Å²) in [6.07, 6.45) is 0. The lowest BCUT2D eigenvalue weighted by molar-refractivity contribution is 0.661. The third-order valence-corrected chi connectivity index (χ3v) is 17.9. The number of benzene rings is 10. The summed E-state index contributed by atoms with van der Waals surface area (Å²) in [5, 5.41) is 1.25. The lowest BCUT2D eigenvalue weighted by atomic mass is 9.81. The molecule has 0 bridgehead atoms. The van der Waals surface area contributed by atoms with Crippen molar-refractivity contribution in [3.05, 3.63) is 290 Å². The molecule has 0 N–H and O–H groups in total. The van der Waals surface area contributed by atoms with Gasteiger partial charge in [0.2, 0.25) is 0 Å². The van der Waals surface area contributed by atoms with E-state index in [2.05, 4.69) is 302 Å². The molecule has 366 valence electrons. The molecule has 14 rings (SSSR count). The summed E-state index contributed by atoms with van der Waals surface area (Å²) in [7, 11) is 0. The van der Waals surface area contributed by atoms with Crippen molar-refractivity contribution in [1.29, 1.82) is 0 Å². The highest BCUT2D eigenvalue weighted by molar-refractivity contribution is 7.19. The molecule has 13 aromatic rings. The second-order valence-electron chi connectivity index (χ2n) is 20.5. The fraction of sp³-hybridized carbons (Fsp3) is 0.0411. The zero-order valence-electron chi connectivity index (χ0n) is 42.8. The second-order valence-corrected chi connectivity index (χ2v) is 22.6. The van der Waals surface area contributed by atoms with Crippen LogP contribution < -0.4 is 4.90 Å². The van der Waals surface area contributed by atoms with Crippen LogP contribution in [0.4, 0.5) is 17.1 Å². The first kappa shape index (κ1) is 46.5. The summed E-state index contributed by atoms with van der Waals surface area (Å²) in [4.78, 5) is 7.44. The van der Waals surface area contributed by atoms with E-state index >= 15 is 0 Å². The maximum atomic E-state index is 2.49. The Bertz CT molecular complexity index is 4110. The van der Waals surface area contributed by atoms with E-state index in [0.29, 0.717) is 0 Å². The summed E-state index contributed by atoms with van der Waals surface area (Å²) in [6.45, 7) is 4.80. The topological polar surface area (TPSA) is 8.17 Å². The van der Waals surface area contributed by atoms with E-state index in [1.54, 1.807) is 0 Å². The van der Waals surface area contributed by atoms with Gasteiger partial charge in [-0.2, -0.15) is 0 Å². The van der Waals surface area contributed by atoms with Gasteiger partial charge in [-0.3, -0.25) is 0 Å². The number of para-hydroxylation sites is 1. The van der Waals surface area contributed by atoms with Crippen LogP contribution in [0.1, 0.15) is 25.0 Å². The molecule has 0 amide bonds. The summed E-state index contributed by atoms with van der Waals surface area (Å²) >= 11 is 3.67. The number of nitrogens with zero attached hydrogens (tertiary/aromatic N) is 2. The van der Waals surface area contributed by atoms with Crippen LogP contribution in [0.5, 0.6) is 0 Å². The number of hydrogen-bond acceptors (Lipinski definition) is 3. The van der Waals surface area contributed by atoms with E-state index in [0.717, 1.165) is 22.7 Å². The van der Waals surface area contributed by atoms with Gasteiger partial charge in [-0.25, -0.2) is 0 Å². The van der Waals surface area contributed by atoms with Crippen LogP contribution in [0, 0.1) is 0 Å². The normalized spacial score (nSPS) is 12.4. The Hall–Kier alpha value is -9.06. The van der Waals surface area contributed by atoms with Gasteiger partial charge < -0.3 is 9.47 Å². The number of thiophene rings is 2. The zero-order valence-corrected chi connectivity index (χ0v) is 44.4. The molecule has 10 aromatic carbocycles. The summed E-state index contributed by atoms with van der Waals surface area (Å²) in [5.74, 6) is 0. The van der Waals surface area contributed by atoms with Crippen molar-refractivity contribution in [2.75, 3.05) is 4.90 Å². The van der Waals surface area contributed by atoms with E-state index in [1.807, 2.05) is 22.7 Å². The number of rotatable bonds is 11. The molecule has 0 radical (unpaired) electrons. The van der Waals surface area contributed by atoms with Gasteiger partial charge in [-0.05, 0) is 158 Å². The van der Waals surface area contributed by atoms with Crippen LogP contribution in [0.15, 0.2) is 279 Å². The fourth-order valence-electron chi connectivity index (χ4n) is 11.6. The molecule has 0 spiro atoms. The quantitative estimate of drug-likeness (QED) is 0.125. The Morgan fingerprint density at radius 3 is 1.19 bits per heavy atom. The maximum Gasteiger partial charge on any atom is 0.0619 e. The smallest absolute Gasteiger partial charge is 0.0619 e. The molecule has 0 saturated carbocycles. The van der Waals surface area contributed by atoms with Gasteiger partial charge in [0, 0.05) is 58.6 Å².